The maximum Gasteiger partial charge on any atom is 0.369 e. The van der Waals surface area contributed by atoms with E-state index in [0.717, 1.165) is 17.0 Å². The third kappa shape index (κ3) is 1.88. The lowest BCUT2D eigenvalue weighted by Gasteiger charge is -2.02. The maximum atomic E-state index is 12.1. The average Bonchev–Trinajstić information content (AvgIpc) is 2.88. The van der Waals surface area contributed by atoms with Gasteiger partial charge in [0.2, 0.25) is 0 Å². The lowest BCUT2D eigenvalue weighted by molar-refractivity contribution is 0.237. The predicted molar refractivity (Wildman–Crippen MR) is 64.2 cm³/mol. The highest BCUT2D eigenvalue weighted by Crippen LogP contribution is 2.20. The van der Waals surface area contributed by atoms with Crippen LogP contribution in [0.5, 0.6) is 0 Å². The first-order valence-electron chi connectivity index (χ1n) is 5.62. The van der Waals surface area contributed by atoms with Crippen molar-refractivity contribution in [1.82, 2.24) is 19.6 Å². The summed E-state index contributed by atoms with van der Waals surface area (Å²) in [5.41, 5.74) is 2.90. The lowest BCUT2D eigenvalue weighted by Crippen LogP contribution is -2.22. The van der Waals surface area contributed by atoms with Gasteiger partial charge in [-0.1, -0.05) is 13.8 Å². The third-order valence-electron chi connectivity index (χ3n) is 2.88. The summed E-state index contributed by atoms with van der Waals surface area (Å²) >= 11 is 0. The van der Waals surface area contributed by atoms with Crippen molar-refractivity contribution < 1.29 is 4.79 Å². The fraction of sp³-hybridized carbons (Fsp3) is 0.417. The largest absolute Gasteiger partial charge is 0.369 e. The molecule has 0 amide bonds. The Bertz CT molecular complexity index is 537. The molecular weight excluding hydrogens is 216 g/mol. The molecule has 0 aliphatic carbocycles. The van der Waals surface area contributed by atoms with Crippen LogP contribution in [0.2, 0.25) is 0 Å². The Kier molecular flexibility index (Phi) is 2.83. The molecule has 0 unspecified atom stereocenters. The van der Waals surface area contributed by atoms with Gasteiger partial charge in [0.15, 0.2) is 0 Å². The molecule has 2 aromatic rings. The van der Waals surface area contributed by atoms with E-state index in [2.05, 4.69) is 24.0 Å². The summed E-state index contributed by atoms with van der Waals surface area (Å²) in [5, 5.41) is 8.29. The Labute approximate surface area is 100 Å². The van der Waals surface area contributed by atoms with Crippen molar-refractivity contribution >= 4 is 6.03 Å². The first-order valence-corrected chi connectivity index (χ1v) is 5.62. The summed E-state index contributed by atoms with van der Waals surface area (Å²) in [5.74, 6) is 0.306. The molecule has 5 nitrogen and oxygen atoms in total. The van der Waals surface area contributed by atoms with Crippen LogP contribution in [0.3, 0.4) is 0 Å². The van der Waals surface area contributed by atoms with E-state index in [4.69, 9.17) is 0 Å². The van der Waals surface area contributed by atoms with Gasteiger partial charge in [-0.05, 0) is 31.4 Å². The van der Waals surface area contributed by atoms with Gasteiger partial charge in [0, 0.05) is 18.1 Å². The number of carbonyl (C=O) groups is 1. The normalized spacial score (nSPS) is 11.1. The minimum Gasteiger partial charge on any atom is -0.244 e. The third-order valence-corrected chi connectivity index (χ3v) is 2.88. The van der Waals surface area contributed by atoms with E-state index in [1.165, 1.54) is 9.36 Å². The summed E-state index contributed by atoms with van der Waals surface area (Å²) < 4.78 is 2.70. The summed E-state index contributed by atoms with van der Waals surface area (Å²) in [6.45, 7) is 8.02. The van der Waals surface area contributed by atoms with Crippen molar-refractivity contribution in [2.24, 2.45) is 0 Å². The minimum absolute atomic E-state index is 0.248. The van der Waals surface area contributed by atoms with Gasteiger partial charge in [-0.25, -0.2) is 4.79 Å². The quantitative estimate of drug-likeness (QED) is 0.758. The maximum absolute atomic E-state index is 12.1. The first kappa shape index (κ1) is 11.6. The van der Waals surface area contributed by atoms with Gasteiger partial charge in [-0.15, -0.1) is 0 Å². The molecule has 2 aromatic heterocycles. The van der Waals surface area contributed by atoms with Crippen molar-refractivity contribution in [2.45, 2.75) is 33.6 Å². The Morgan fingerprint density at radius 3 is 2.53 bits per heavy atom. The Balaban J connectivity index is 2.47. The van der Waals surface area contributed by atoms with E-state index in [9.17, 15) is 4.79 Å². The van der Waals surface area contributed by atoms with Gasteiger partial charge in [0.25, 0.3) is 0 Å². The number of hydrogen-bond donors (Lipinski definition) is 0. The van der Waals surface area contributed by atoms with Gasteiger partial charge in [-0.2, -0.15) is 19.6 Å². The van der Waals surface area contributed by atoms with Gasteiger partial charge in [-0.3, -0.25) is 0 Å². The Morgan fingerprint density at radius 2 is 2.06 bits per heavy atom. The molecule has 0 aliphatic rings. The second-order valence-electron chi connectivity index (χ2n) is 4.40. The van der Waals surface area contributed by atoms with Gasteiger partial charge >= 0.3 is 6.03 Å². The van der Waals surface area contributed by atoms with Crippen LogP contribution in [0.1, 0.15) is 36.7 Å². The summed E-state index contributed by atoms with van der Waals surface area (Å²) in [6.07, 6.45) is 3.20. The highest BCUT2D eigenvalue weighted by atomic mass is 16.2. The fourth-order valence-corrected chi connectivity index (χ4v) is 1.82. The van der Waals surface area contributed by atoms with Crippen LogP contribution >= 0.6 is 0 Å². The Morgan fingerprint density at radius 1 is 1.35 bits per heavy atom. The first-order chi connectivity index (χ1) is 8.02. The van der Waals surface area contributed by atoms with E-state index in [1.54, 1.807) is 18.5 Å². The molecule has 0 N–H and O–H groups in total. The van der Waals surface area contributed by atoms with Crippen LogP contribution in [0.25, 0.3) is 0 Å². The molecule has 2 rings (SSSR count). The van der Waals surface area contributed by atoms with Gasteiger partial charge in [0.05, 0.1) is 5.69 Å². The van der Waals surface area contributed by atoms with Crippen molar-refractivity contribution in [3.05, 3.63) is 35.4 Å². The molecule has 2 heterocycles. The summed E-state index contributed by atoms with van der Waals surface area (Å²) in [6, 6.07) is 1.47. The molecule has 0 aromatic carbocycles. The second-order valence-corrected chi connectivity index (χ2v) is 4.40. The van der Waals surface area contributed by atoms with Crippen LogP contribution in [-0.4, -0.2) is 25.6 Å². The van der Waals surface area contributed by atoms with E-state index in [-0.39, 0.29) is 6.03 Å². The second kappa shape index (κ2) is 4.16. The van der Waals surface area contributed by atoms with E-state index >= 15 is 0 Å². The number of aromatic nitrogens is 4. The Hall–Kier alpha value is -1.91. The highest BCUT2D eigenvalue weighted by molar-refractivity contribution is 5.78. The monoisotopic (exact) mass is 232 g/mol. The van der Waals surface area contributed by atoms with Crippen molar-refractivity contribution in [1.29, 1.82) is 0 Å². The fourth-order valence-electron chi connectivity index (χ4n) is 1.82. The molecule has 5 heteroatoms. The van der Waals surface area contributed by atoms with Gasteiger partial charge in [0.1, 0.15) is 0 Å². The lowest BCUT2D eigenvalue weighted by atomic mass is 10.1. The molecule has 0 atom stereocenters. The summed E-state index contributed by atoms with van der Waals surface area (Å²) in [4.78, 5) is 12.1. The molecule has 0 fully saturated rings. The van der Waals surface area contributed by atoms with Gasteiger partial charge < -0.3 is 0 Å². The standard InChI is InChI=1S/C12H16N4O/c1-8(2)11-9(3)10(4)16(14-11)12(17)15-7-5-6-13-15/h5-8H,1-4H3. The number of rotatable bonds is 1. The van der Waals surface area contributed by atoms with E-state index in [1.807, 2.05) is 13.8 Å². The highest BCUT2D eigenvalue weighted by Gasteiger charge is 2.18. The summed E-state index contributed by atoms with van der Waals surface area (Å²) in [7, 11) is 0. The predicted octanol–water partition coefficient (Wildman–Crippen LogP) is 2.34. The molecule has 0 spiro atoms. The van der Waals surface area contributed by atoms with Crippen molar-refractivity contribution in [2.75, 3.05) is 0 Å². The number of nitrogens with zero attached hydrogens (tertiary/aromatic N) is 4. The number of hydrogen-bond acceptors (Lipinski definition) is 3. The smallest absolute Gasteiger partial charge is 0.244 e. The molecule has 90 valence electrons. The molecule has 0 radical (unpaired) electrons. The molecule has 17 heavy (non-hydrogen) atoms. The SMILES string of the molecule is Cc1c(C(C)C)nn(C(=O)n2cccn2)c1C. The molecule has 0 saturated heterocycles. The number of carbonyl (C=O) groups excluding carboxylic acids is 1. The van der Waals surface area contributed by atoms with E-state index < -0.39 is 0 Å². The van der Waals surface area contributed by atoms with Crippen LogP contribution in [0, 0.1) is 13.8 Å². The zero-order chi connectivity index (χ0) is 12.6. The molecule has 0 saturated carbocycles. The average molecular weight is 232 g/mol. The van der Waals surface area contributed by atoms with Crippen molar-refractivity contribution in [3.8, 4) is 0 Å². The van der Waals surface area contributed by atoms with Crippen molar-refractivity contribution in [3.63, 3.8) is 0 Å². The zero-order valence-corrected chi connectivity index (χ0v) is 10.5. The van der Waals surface area contributed by atoms with Crippen LogP contribution in [-0.2, 0) is 0 Å². The zero-order valence-electron chi connectivity index (χ0n) is 10.5. The molecule has 0 bridgehead atoms. The van der Waals surface area contributed by atoms with Crippen LogP contribution < -0.4 is 0 Å². The minimum atomic E-state index is -0.248. The topological polar surface area (TPSA) is 52.7 Å². The van der Waals surface area contributed by atoms with Crippen LogP contribution in [0.15, 0.2) is 18.5 Å². The van der Waals surface area contributed by atoms with Crippen LogP contribution in [0.4, 0.5) is 4.79 Å². The van der Waals surface area contributed by atoms with E-state index in [0.29, 0.717) is 5.92 Å². The molecular formula is C12H16N4O. The molecule has 0 aliphatic heterocycles.